The Labute approximate surface area is 353 Å². The van der Waals surface area contributed by atoms with E-state index in [1.807, 2.05) is 13.8 Å². The third-order valence-electron chi connectivity index (χ3n) is 7.54. The Hall–Kier alpha value is -3.19. The first-order chi connectivity index (χ1) is 26.7. The van der Waals surface area contributed by atoms with Gasteiger partial charge in [-0.25, -0.2) is 0 Å². The molecule has 0 spiro atoms. The van der Waals surface area contributed by atoms with Crippen LogP contribution in [0.25, 0.3) is 5.43 Å². The van der Waals surface area contributed by atoms with Crippen molar-refractivity contribution in [2.24, 2.45) is 5.84 Å². The topological polar surface area (TPSA) is 261 Å². The number of carbonyl (C=O) groups is 6. The van der Waals surface area contributed by atoms with Crippen molar-refractivity contribution in [1.29, 1.82) is 0 Å². The molecule has 8 N–H and O–H groups in total. The van der Waals surface area contributed by atoms with Crippen LogP contribution >= 0.6 is 0 Å². The second-order valence-corrected chi connectivity index (χ2v) is 11.9. The summed E-state index contributed by atoms with van der Waals surface area (Å²) in [6.45, 7) is 9.84. The summed E-state index contributed by atoms with van der Waals surface area (Å²) in [4.78, 5) is 70.7. The number of hydrogen-bond acceptors (Lipinski definition) is 12. The molecule has 0 radical (unpaired) electrons. The van der Waals surface area contributed by atoms with E-state index in [2.05, 4.69) is 44.3 Å². The van der Waals surface area contributed by atoms with Crippen LogP contribution < -0.4 is 37.7 Å². The number of carbonyl (C=O) groups excluding carboxylic acids is 6. The minimum Gasteiger partial charge on any atom is -0.627 e. The van der Waals surface area contributed by atoms with E-state index in [9.17, 15) is 28.8 Å². The zero-order valence-corrected chi connectivity index (χ0v) is 37.7. The van der Waals surface area contributed by atoms with E-state index in [0.717, 1.165) is 50.6 Å². The van der Waals surface area contributed by atoms with Gasteiger partial charge in [-0.05, 0) is 32.6 Å². The molecule has 0 aromatic rings. The number of ether oxygens (including phenoxy) is 5. The van der Waals surface area contributed by atoms with Crippen LogP contribution in [0.5, 0.6) is 0 Å². The number of nitrogens with zero attached hydrogens (tertiary/aromatic N) is 1. The number of amides is 6. The minimum atomic E-state index is -0.608. The summed E-state index contributed by atoms with van der Waals surface area (Å²) in [5.74, 6) is 2.98. The largest absolute Gasteiger partial charge is 2.00 e. The predicted molar refractivity (Wildman–Crippen MR) is 212 cm³/mol. The Kier molecular flexibility index (Phi) is 41.8. The molecule has 1 rings (SSSR count). The minimum absolute atomic E-state index is 0. The number of nitrogens with two attached hydrogens (primary N) is 1. The molecule has 1 aliphatic carbocycles. The van der Waals surface area contributed by atoms with Gasteiger partial charge >= 0.3 is 21.1 Å². The Morgan fingerprint density at radius 1 is 0.632 bits per heavy atom. The third kappa shape index (κ3) is 33.5. The van der Waals surface area contributed by atoms with Crippen molar-refractivity contribution in [2.75, 3.05) is 98.7 Å². The van der Waals surface area contributed by atoms with Gasteiger partial charge in [0.25, 0.3) is 0 Å². The Morgan fingerprint density at radius 2 is 1.11 bits per heavy atom. The van der Waals surface area contributed by atoms with Gasteiger partial charge in [-0.3, -0.25) is 28.8 Å². The molecule has 6 amide bonds. The fourth-order valence-electron chi connectivity index (χ4n) is 4.90. The zero-order chi connectivity index (χ0) is 40.9. The first kappa shape index (κ1) is 58.1. The molecule has 0 fully saturated rings. The Morgan fingerprint density at radius 3 is 1.60 bits per heavy atom. The van der Waals surface area contributed by atoms with Gasteiger partial charge < -0.3 is 74.3 Å². The van der Waals surface area contributed by atoms with E-state index < -0.39 is 23.6 Å². The summed E-state index contributed by atoms with van der Waals surface area (Å²) < 4.78 is 27.6. The van der Waals surface area contributed by atoms with Crippen LogP contribution in [-0.4, -0.2) is 140 Å². The first-order valence-electron chi connectivity index (χ1n) is 19.4. The standard InChI is InChI=1S/C34H61N8O11.C2H6.CH3.W/c1-3-8-26-9-6-5-7-10-27(34(26)42-35)53-25-33(48)37-12-14-50-16-18-52-20-19-51-17-15-49-13-11-28(43)38-22-30(45)40-24-32(47)41-23-31(46)39-21-29(44)36-4-2;1-2;;/h27H,3-25,35H2,1-2H3,(H,36,44)(H,37,48)(H,38,43)(H,39,46)(H,40,45)(H,41,47);1-2H3;1H3;/q-1;;-1;+2/b34-26+;;;. The molecule has 20 heteroatoms. The molecule has 0 aliphatic heterocycles. The Bertz CT molecular complexity index is 1140. The van der Waals surface area contributed by atoms with E-state index >= 15 is 0 Å². The SMILES string of the molecule is CC.CCC/C1=C(\[N-]N)C(OCC(=O)NCCOCCOCCOCCOCCC(=O)NCC(=O)NCC(=O)NCC(=O)NCC(=O)NCC)CCCCC1.[CH3-].[W+2]. The molecule has 0 bridgehead atoms. The van der Waals surface area contributed by atoms with Crippen molar-refractivity contribution >= 4 is 35.4 Å². The molecular weight excluding hydrogens is 916 g/mol. The maximum atomic E-state index is 12.3. The smallest absolute Gasteiger partial charge is 0.627 e. The van der Waals surface area contributed by atoms with Crippen LogP contribution in [0.1, 0.15) is 79.1 Å². The number of rotatable bonds is 30. The molecule has 0 heterocycles. The van der Waals surface area contributed by atoms with Gasteiger partial charge in [-0.1, -0.05) is 45.6 Å². The molecule has 330 valence electrons. The van der Waals surface area contributed by atoms with E-state index in [4.69, 9.17) is 29.5 Å². The van der Waals surface area contributed by atoms with E-state index in [1.54, 1.807) is 6.92 Å². The van der Waals surface area contributed by atoms with Crippen LogP contribution in [0.3, 0.4) is 0 Å². The van der Waals surface area contributed by atoms with Gasteiger partial charge in [0.1, 0.15) is 6.61 Å². The predicted octanol–water partition coefficient (Wildman–Crippen LogP) is 0.285. The summed E-state index contributed by atoms with van der Waals surface area (Å²) in [5.41, 5.74) is 6.05. The van der Waals surface area contributed by atoms with Gasteiger partial charge in [-0.2, -0.15) is 0 Å². The van der Waals surface area contributed by atoms with Crippen molar-refractivity contribution < 1.29 is 73.5 Å². The van der Waals surface area contributed by atoms with Gasteiger partial charge in [-0.15, -0.1) is 5.70 Å². The molecule has 0 saturated carbocycles. The number of likely N-dealkylation sites (N-methyl/N-ethyl adjacent to an activating group) is 1. The Balaban J connectivity index is -0.00000716. The summed E-state index contributed by atoms with van der Waals surface area (Å²) in [6, 6.07) is 0. The first-order valence-corrected chi connectivity index (χ1v) is 19.4. The fourth-order valence-corrected chi connectivity index (χ4v) is 4.90. The van der Waals surface area contributed by atoms with Crippen molar-refractivity contribution in [1.82, 2.24) is 31.9 Å². The van der Waals surface area contributed by atoms with E-state index in [-0.39, 0.29) is 98.8 Å². The average molecular weight is 987 g/mol. The van der Waals surface area contributed by atoms with Gasteiger partial charge in [0.2, 0.25) is 35.4 Å². The van der Waals surface area contributed by atoms with Gasteiger partial charge in [0.15, 0.2) is 0 Å². The monoisotopic (exact) mass is 986 g/mol. The summed E-state index contributed by atoms with van der Waals surface area (Å²) >= 11 is 0. The van der Waals surface area contributed by atoms with E-state index in [0.29, 0.717) is 52.7 Å². The maximum absolute atomic E-state index is 12.3. The number of allylic oxidation sites excluding steroid dienone is 1. The third-order valence-corrected chi connectivity index (χ3v) is 7.54. The molecule has 1 atom stereocenters. The fraction of sp³-hybridized carbons (Fsp3) is 0.757. The molecule has 57 heavy (non-hydrogen) atoms. The molecule has 1 unspecified atom stereocenters. The second-order valence-electron chi connectivity index (χ2n) is 11.9. The van der Waals surface area contributed by atoms with Crippen LogP contribution in [0.15, 0.2) is 11.3 Å². The van der Waals surface area contributed by atoms with Crippen molar-refractivity contribution in [3.05, 3.63) is 24.1 Å². The maximum Gasteiger partial charge on any atom is 2.00 e. The quantitative estimate of drug-likeness (QED) is 0.0222. The molecular formula is C37H70N8O11W. The van der Waals surface area contributed by atoms with Crippen LogP contribution in [-0.2, 0) is 73.5 Å². The average Bonchev–Trinajstić information content (AvgIpc) is 3.17. The molecule has 0 aromatic carbocycles. The number of nitrogens with one attached hydrogen (secondary N) is 6. The van der Waals surface area contributed by atoms with E-state index in [1.165, 1.54) is 5.57 Å². The van der Waals surface area contributed by atoms with Crippen LogP contribution in [0.2, 0.25) is 0 Å². The summed E-state index contributed by atoms with van der Waals surface area (Å²) in [6.07, 6.45) is 6.76. The molecule has 1 aliphatic rings. The number of hydrogen-bond donors (Lipinski definition) is 7. The van der Waals surface area contributed by atoms with Crippen LogP contribution in [0, 0.1) is 7.43 Å². The van der Waals surface area contributed by atoms with Gasteiger partial charge in [0.05, 0.1) is 85.1 Å². The molecule has 0 saturated heterocycles. The molecule has 0 aromatic heterocycles. The summed E-state index contributed by atoms with van der Waals surface area (Å²) in [7, 11) is 0. The molecule has 19 nitrogen and oxygen atoms in total. The van der Waals surface area contributed by atoms with Crippen molar-refractivity contribution in [2.45, 2.75) is 85.2 Å². The normalized spacial score (nSPS) is 14.7. The summed E-state index contributed by atoms with van der Waals surface area (Å²) in [5, 5.41) is 14.7. The van der Waals surface area contributed by atoms with Crippen molar-refractivity contribution in [3.63, 3.8) is 0 Å². The van der Waals surface area contributed by atoms with Gasteiger partial charge in [0, 0.05) is 19.5 Å². The van der Waals surface area contributed by atoms with Crippen molar-refractivity contribution in [3.8, 4) is 0 Å². The van der Waals surface area contributed by atoms with Crippen LogP contribution in [0.4, 0.5) is 0 Å². The second kappa shape index (κ2) is 41.0. The zero-order valence-electron chi connectivity index (χ0n) is 34.8.